The molecule has 3 nitrogen and oxygen atoms in total. The highest BCUT2D eigenvalue weighted by Crippen LogP contribution is 2.30. The molecule has 3 heteroatoms. The Morgan fingerprint density at radius 1 is 1.24 bits per heavy atom. The van der Waals surface area contributed by atoms with Gasteiger partial charge in [-0.2, -0.15) is 0 Å². The fourth-order valence-corrected chi connectivity index (χ4v) is 2.94. The number of methoxy groups -OCH3 is 2. The molecular weight excluding hydrogens is 214 g/mol. The molecule has 0 amide bonds. The third kappa shape index (κ3) is 5.36. The molecule has 0 spiro atoms. The first-order chi connectivity index (χ1) is 8.17. The summed E-state index contributed by atoms with van der Waals surface area (Å²) in [5, 5.41) is 3.50. The summed E-state index contributed by atoms with van der Waals surface area (Å²) in [6, 6.07) is 0.256. The van der Waals surface area contributed by atoms with E-state index in [0.717, 1.165) is 18.4 Å². The summed E-state index contributed by atoms with van der Waals surface area (Å²) in [6.45, 7) is 5.57. The Kier molecular flexibility index (Phi) is 7.09. The van der Waals surface area contributed by atoms with Crippen molar-refractivity contribution in [2.45, 2.75) is 58.3 Å². The SMILES string of the molecule is COC(OC)C(C)NCCC1CCCC(C)C1. The highest BCUT2D eigenvalue weighted by atomic mass is 16.7. The number of hydrogen-bond donors (Lipinski definition) is 1. The van der Waals surface area contributed by atoms with Gasteiger partial charge in [-0.1, -0.05) is 26.2 Å². The van der Waals surface area contributed by atoms with Crippen molar-refractivity contribution in [3.63, 3.8) is 0 Å². The molecule has 0 saturated heterocycles. The quantitative estimate of drug-likeness (QED) is 0.697. The molecular formula is C14H29NO2. The highest BCUT2D eigenvalue weighted by Gasteiger charge is 2.19. The molecule has 3 atom stereocenters. The second-order valence-corrected chi connectivity index (χ2v) is 5.51. The van der Waals surface area contributed by atoms with Crippen LogP contribution in [0, 0.1) is 11.8 Å². The molecule has 1 fully saturated rings. The summed E-state index contributed by atoms with van der Waals surface area (Å²) in [5.74, 6) is 1.85. The van der Waals surface area contributed by atoms with Gasteiger partial charge in [0.15, 0.2) is 6.29 Å². The minimum absolute atomic E-state index is 0.139. The molecule has 1 saturated carbocycles. The van der Waals surface area contributed by atoms with E-state index < -0.39 is 0 Å². The summed E-state index contributed by atoms with van der Waals surface area (Å²) in [4.78, 5) is 0. The van der Waals surface area contributed by atoms with Gasteiger partial charge in [-0.3, -0.25) is 0 Å². The van der Waals surface area contributed by atoms with E-state index in [1.807, 2.05) is 0 Å². The zero-order valence-electron chi connectivity index (χ0n) is 11.9. The molecule has 102 valence electrons. The van der Waals surface area contributed by atoms with Crippen LogP contribution in [-0.4, -0.2) is 33.1 Å². The van der Waals surface area contributed by atoms with Crippen molar-refractivity contribution in [3.05, 3.63) is 0 Å². The first-order valence-corrected chi connectivity index (χ1v) is 6.96. The third-order valence-corrected chi connectivity index (χ3v) is 3.94. The molecule has 0 bridgehead atoms. The summed E-state index contributed by atoms with van der Waals surface area (Å²) in [7, 11) is 3.38. The minimum atomic E-state index is -0.139. The second-order valence-electron chi connectivity index (χ2n) is 5.51. The van der Waals surface area contributed by atoms with E-state index in [-0.39, 0.29) is 12.3 Å². The van der Waals surface area contributed by atoms with Gasteiger partial charge in [-0.15, -0.1) is 0 Å². The lowest BCUT2D eigenvalue weighted by atomic mass is 9.81. The van der Waals surface area contributed by atoms with E-state index in [4.69, 9.17) is 9.47 Å². The first kappa shape index (κ1) is 14.9. The fourth-order valence-electron chi connectivity index (χ4n) is 2.94. The molecule has 17 heavy (non-hydrogen) atoms. The van der Waals surface area contributed by atoms with Crippen LogP contribution in [-0.2, 0) is 9.47 Å². The van der Waals surface area contributed by atoms with Gasteiger partial charge in [0, 0.05) is 14.2 Å². The maximum Gasteiger partial charge on any atom is 0.171 e. The van der Waals surface area contributed by atoms with Crippen LogP contribution in [0.25, 0.3) is 0 Å². The van der Waals surface area contributed by atoms with E-state index in [1.165, 1.54) is 32.1 Å². The Balaban J connectivity index is 2.14. The van der Waals surface area contributed by atoms with Crippen molar-refractivity contribution < 1.29 is 9.47 Å². The minimum Gasteiger partial charge on any atom is -0.354 e. The van der Waals surface area contributed by atoms with Gasteiger partial charge in [-0.25, -0.2) is 0 Å². The van der Waals surface area contributed by atoms with Crippen molar-refractivity contribution in [3.8, 4) is 0 Å². The first-order valence-electron chi connectivity index (χ1n) is 6.96. The van der Waals surface area contributed by atoms with Gasteiger partial charge >= 0.3 is 0 Å². The maximum atomic E-state index is 5.24. The number of ether oxygens (including phenoxy) is 2. The van der Waals surface area contributed by atoms with E-state index in [9.17, 15) is 0 Å². The molecule has 0 radical (unpaired) electrons. The van der Waals surface area contributed by atoms with Crippen LogP contribution in [0.3, 0.4) is 0 Å². The van der Waals surface area contributed by atoms with Crippen molar-refractivity contribution in [2.75, 3.05) is 20.8 Å². The van der Waals surface area contributed by atoms with Gasteiger partial charge in [0.1, 0.15) is 0 Å². The zero-order chi connectivity index (χ0) is 12.7. The number of hydrogen-bond acceptors (Lipinski definition) is 3. The maximum absolute atomic E-state index is 5.24. The molecule has 0 aromatic heterocycles. The van der Waals surface area contributed by atoms with E-state index in [1.54, 1.807) is 14.2 Å². The van der Waals surface area contributed by atoms with Crippen molar-refractivity contribution in [1.82, 2.24) is 5.32 Å². The van der Waals surface area contributed by atoms with Crippen LogP contribution >= 0.6 is 0 Å². The molecule has 0 aromatic rings. The van der Waals surface area contributed by atoms with Crippen LogP contribution < -0.4 is 5.32 Å². The van der Waals surface area contributed by atoms with Gasteiger partial charge in [0.2, 0.25) is 0 Å². The fraction of sp³-hybridized carbons (Fsp3) is 1.00. The molecule has 0 aromatic carbocycles. The Hall–Kier alpha value is -0.120. The van der Waals surface area contributed by atoms with Crippen LogP contribution in [0.1, 0.15) is 46.0 Å². The molecule has 1 rings (SSSR count). The Morgan fingerprint density at radius 3 is 2.53 bits per heavy atom. The van der Waals surface area contributed by atoms with Crippen molar-refractivity contribution >= 4 is 0 Å². The molecule has 1 aliphatic carbocycles. The largest absolute Gasteiger partial charge is 0.354 e. The lowest BCUT2D eigenvalue weighted by molar-refractivity contribution is -0.119. The Labute approximate surface area is 106 Å². The van der Waals surface area contributed by atoms with Gasteiger partial charge in [0.25, 0.3) is 0 Å². The average Bonchev–Trinajstić information content (AvgIpc) is 2.30. The lowest BCUT2D eigenvalue weighted by Gasteiger charge is -2.28. The summed E-state index contributed by atoms with van der Waals surface area (Å²) < 4.78 is 10.5. The monoisotopic (exact) mass is 243 g/mol. The predicted molar refractivity (Wildman–Crippen MR) is 71.0 cm³/mol. The Morgan fingerprint density at radius 2 is 1.94 bits per heavy atom. The summed E-state index contributed by atoms with van der Waals surface area (Å²) >= 11 is 0. The topological polar surface area (TPSA) is 30.5 Å². The normalized spacial score (nSPS) is 27.4. The zero-order valence-corrected chi connectivity index (χ0v) is 11.9. The lowest BCUT2D eigenvalue weighted by Crippen LogP contribution is -2.40. The molecule has 1 aliphatic rings. The molecule has 0 heterocycles. The van der Waals surface area contributed by atoms with Crippen molar-refractivity contribution in [1.29, 1.82) is 0 Å². The number of nitrogens with one attached hydrogen (secondary N) is 1. The Bertz CT molecular complexity index is 193. The highest BCUT2D eigenvalue weighted by molar-refractivity contribution is 4.72. The molecule has 1 N–H and O–H groups in total. The molecule has 3 unspecified atom stereocenters. The summed E-state index contributed by atoms with van der Waals surface area (Å²) in [5.41, 5.74) is 0. The van der Waals surface area contributed by atoms with Crippen LogP contribution in [0.4, 0.5) is 0 Å². The van der Waals surface area contributed by atoms with Crippen LogP contribution in [0.2, 0.25) is 0 Å². The van der Waals surface area contributed by atoms with Gasteiger partial charge < -0.3 is 14.8 Å². The predicted octanol–water partition coefficient (Wildman–Crippen LogP) is 2.80. The van der Waals surface area contributed by atoms with E-state index >= 15 is 0 Å². The van der Waals surface area contributed by atoms with E-state index in [0.29, 0.717) is 0 Å². The third-order valence-electron chi connectivity index (χ3n) is 3.94. The second kappa shape index (κ2) is 8.06. The van der Waals surface area contributed by atoms with E-state index in [2.05, 4.69) is 19.2 Å². The van der Waals surface area contributed by atoms with Gasteiger partial charge in [-0.05, 0) is 38.1 Å². The standard InChI is InChI=1S/C14H29NO2/c1-11-6-5-7-13(10-11)8-9-15-12(2)14(16-3)17-4/h11-15H,5-10H2,1-4H3. The van der Waals surface area contributed by atoms with Crippen LogP contribution in [0.15, 0.2) is 0 Å². The van der Waals surface area contributed by atoms with Crippen LogP contribution in [0.5, 0.6) is 0 Å². The number of rotatable bonds is 7. The smallest absolute Gasteiger partial charge is 0.171 e. The van der Waals surface area contributed by atoms with Crippen molar-refractivity contribution in [2.24, 2.45) is 11.8 Å². The van der Waals surface area contributed by atoms with Gasteiger partial charge in [0.05, 0.1) is 6.04 Å². The molecule has 0 aliphatic heterocycles. The summed E-state index contributed by atoms with van der Waals surface area (Å²) in [6.07, 6.45) is 6.82. The average molecular weight is 243 g/mol.